The van der Waals surface area contributed by atoms with Crippen LogP contribution in [0.1, 0.15) is 12.5 Å². The maximum atomic E-state index is 12.2. The van der Waals surface area contributed by atoms with Crippen LogP contribution in [0.4, 0.5) is 5.69 Å². The Bertz CT molecular complexity index is 819. The Morgan fingerprint density at radius 3 is 2.52 bits per heavy atom. The number of anilines is 1. The summed E-state index contributed by atoms with van der Waals surface area (Å²) in [7, 11) is 0. The monoisotopic (exact) mass is 368 g/mol. The molecule has 1 amide bonds. The lowest BCUT2D eigenvalue weighted by atomic mass is 9.99. The first-order valence-corrected chi connectivity index (χ1v) is 9.00. The molecule has 0 radical (unpaired) electrons. The number of carbonyl (C=O) groups is 2. The number of rotatable bonds is 6. The second-order valence-electron chi connectivity index (χ2n) is 7.11. The van der Waals surface area contributed by atoms with Gasteiger partial charge in [0.25, 0.3) is 0 Å². The van der Waals surface area contributed by atoms with E-state index in [1.165, 1.54) is 0 Å². The van der Waals surface area contributed by atoms with Crippen LogP contribution < -0.4 is 10.1 Å². The summed E-state index contributed by atoms with van der Waals surface area (Å²) in [6.07, 6.45) is 0. The molecule has 2 aromatic carbocycles. The molecule has 0 spiro atoms. The lowest BCUT2D eigenvalue weighted by Crippen LogP contribution is -2.32. The van der Waals surface area contributed by atoms with E-state index < -0.39 is 11.9 Å². The first kappa shape index (κ1) is 18.9. The first-order valence-electron chi connectivity index (χ1n) is 9.00. The summed E-state index contributed by atoms with van der Waals surface area (Å²) < 4.78 is 5.80. The Balaban J connectivity index is 1.52. The molecule has 1 aliphatic rings. The van der Waals surface area contributed by atoms with E-state index in [9.17, 15) is 14.7 Å². The predicted molar refractivity (Wildman–Crippen MR) is 103 cm³/mol. The van der Waals surface area contributed by atoms with Crippen LogP contribution in [-0.4, -0.2) is 41.5 Å². The standard InChI is InChI=1S/C21H24N2O4/c1-14-4-3-5-18(10-14)27-17-8-6-16(7-9-17)22-20(24)13-23-11-15(2)19(12-23)21(25)26/h3-10,15,19H,11-13H2,1-2H3,(H,22,24)(H,25,26)/t15-,19-/m1/s1. The number of carbonyl (C=O) groups excluding carboxylic acids is 1. The van der Waals surface area contributed by atoms with Crippen molar-refractivity contribution in [1.82, 2.24) is 4.90 Å². The van der Waals surface area contributed by atoms with Gasteiger partial charge in [0.05, 0.1) is 12.5 Å². The van der Waals surface area contributed by atoms with Crippen molar-refractivity contribution >= 4 is 17.6 Å². The normalized spacial score (nSPS) is 19.6. The van der Waals surface area contributed by atoms with Crippen molar-refractivity contribution < 1.29 is 19.4 Å². The van der Waals surface area contributed by atoms with E-state index in [4.69, 9.17) is 4.74 Å². The van der Waals surface area contributed by atoms with Crippen LogP contribution in [0.3, 0.4) is 0 Å². The Morgan fingerprint density at radius 2 is 1.89 bits per heavy atom. The molecule has 27 heavy (non-hydrogen) atoms. The van der Waals surface area contributed by atoms with Crippen molar-refractivity contribution in [3.8, 4) is 11.5 Å². The van der Waals surface area contributed by atoms with Crippen LogP contribution in [0.5, 0.6) is 11.5 Å². The molecule has 0 aromatic heterocycles. The largest absolute Gasteiger partial charge is 0.481 e. The molecular weight excluding hydrogens is 344 g/mol. The fraction of sp³-hybridized carbons (Fsp3) is 0.333. The lowest BCUT2D eigenvalue weighted by molar-refractivity contribution is -0.142. The van der Waals surface area contributed by atoms with Gasteiger partial charge >= 0.3 is 5.97 Å². The van der Waals surface area contributed by atoms with Crippen LogP contribution in [0.25, 0.3) is 0 Å². The number of aryl methyl sites for hydroxylation is 1. The van der Waals surface area contributed by atoms with E-state index in [-0.39, 0.29) is 18.4 Å². The van der Waals surface area contributed by atoms with Crippen LogP contribution in [0, 0.1) is 18.8 Å². The number of ether oxygens (including phenoxy) is 1. The molecule has 0 saturated carbocycles. The number of aliphatic carboxylic acids is 1. The molecular formula is C21H24N2O4. The van der Waals surface area contributed by atoms with Gasteiger partial charge in [0, 0.05) is 18.8 Å². The first-order chi connectivity index (χ1) is 12.9. The molecule has 3 rings (SSSR count). The Hall–Kier alpha value is -2.86. The third-order valence-corrected chi connectivity index (χ3v) is 4.74. The summed E-state index contributed by atoms with van der Waals surface area (Å²) in [5.74, 6) is 0.151. The molecule has 6 heteroatoms. The number of likely N-dealkylation sites (tertiary alicyclic amines) is 1. The number of hydrogen-bond acceptors (Lipinski definition) is 4. The summed E-state index contributed by atoms with van der Waals surface area (Å²) in [5.41, 5.74) is 1.80. The van der Waals surface area contributed by atoms with Crippen LogP contribution >= 0.6 is 0 Å². The van der Waals surface area contributed by atoms with Gasteiger partial charge in [-0.1, -0.05) is 19.1 Å². The van der Waals surface area contributed by atoms with Crippen molar-refractivity contribution in [2.75, 3.05) is 25.0 Å². The molecule has 2 atom stereocenters. The van der Waals surface area contributed by atoms with E-state index in [0.717, 1.165) is 11.3 Å². The summed E-state index contributed by atoms with van der Waals surface area (Å²) in [4.78, 5) is 25.3. The number of nitrogens with zero attached hydrogens (tertiary/aromatic N) is 1. The predicted octanol–water partition coefficient (Wildman–Crippen LogP) is 3.38. The smallest absolute Gasteiger partial charge is 0.308 e. The highest BCUT2D eigenvalue weighted by Gasteiger charge is 2.35. The zero-order chi connectivity index (χ0) is 19.4. The lowest BCUT2D eigenvalue weighted by Gasteiger charge is -2.15. The van der Waals surface area contributed by atoms with Gasteiger partial charge in [-0.25, -0.2) is 0 Å². The van der Waals surface area contributed by atoms with Crippen LogP contribution in [-0.2, 0) is 9.59 Å². The second-order valence-corrected chi connectivity index (χ2v) is 7.11. The molecule has 2 N–H and O–H groups in total. The highest BCUT2D eigenvalue weighted by atomic mass is 16.5. The molecule has 2 aromatic rings. The van der Waals surface area contributed by atoms with Crippen LogP contribution in [0.15, 0.2) is 48.5 Å². The fourth-order valence-corrected chi connectivity index (χ4v) is 3.34. The molecule has 1 aliphatic heterocycles. The van der Waals surface area contributed by atoms with Crippen molar-refractivity contribution in [3.63, 3.8) is 0 Å². The maximum absolute atomic E-state index is 12.2. The highest BCUT2D eigenvalue weighted by Crippen LogP contribution is 2.25. The van der Waals surface area contributed by atoms with E-state index in [1.807, 2.05) is 43.0 Å². The number of hydrogen-bond donors (Lipinski definition) is 2. The summed E-state index contributed by atoms with van der Waals surface area (Å²) in [5, 5.41) is 12.0. The van der Waals surface area contributed by atoms with E-state index in [1.54, 1.807) is 24.3 Å². The summed E-state index contributed by atoms with van der Waals surface area (Å²) in [6.45, 7) is 5.13. The van der Waals surface area contributed by atoms with Gasteiger partial charge in [0.2, 0.25) is 5.91 Å². The highest BCUT2D eigenvalue weighted by molar-refractivity contribution is 5.92. The average Bonchev–Trinajstić information content (AvgIpc) is 2.97. The van der Waals surface area contributed by atoms with E-state index in [2.05, 4.69) is 5.32 Å². The summed E-state index contributed by atoms with van der Waals surface area (Å²) in [6, 6.07) is 15.0. The number of benzene rings is 2. The number of amides is 1. The van der Waals surface area contributed by atoms with Gasteiger partial charge in [0.1, 0.15) is 11.5 Å². The molecule has 0 bridgehead atoms. The van der Waals surface area contributed by atoms with Gasteiger partial charge in [-0.15, -0.1) is 0 Å². The zero-order valence-electron chi connectivity index (χ0n) is 15.5. The number of carboxylic acids is 1. The Labute approximate surface area is 158 Å². The molecule has 142 valence electrons. The third-order valence-electron chi connectivity index (χ3n) is 4.74. The molecule has 0 aliphatic carbocycles. The minimum Gasteiger partial charge on any atom is -0.481 e. The van der Waals surface area contributed by atoms with Gasteiger partial charge in [-0.2, -0.15) is 0 Å². The Morgan fingerprint density at radius 1 is 1.15 bits per heavy atom. The van der Waals surface area contributed by atoms with Crippen molar-refractivity contribution in [1.29, 1.82) is 0 Å². The molecule has 1 heterocycles. The zero-order valence-corrected chi connectivity index (χ0v) is 15.5. The van der Waals surface area contributed by atoms with Gasteiger partial charge < -0.3 is 15.2 Å². The maximum Gasteiger partial charge on any atom is 0.308 e. The van der Waals surface area contributed by atoms with Crippen molar-refractivity contribution in [2.45, 2.75) is 13.8 Å². The summed E-state index contributed by atoms with van der Waals surface area (Å²) >= 11 is 0. The quantitative estimate of drug-likeness (QED) is 0.817. The molecule has 0 unspecified atom stereocenters. The molecule has 6 nitrogen and oxygen atoms in total. The SMILES string of the molecule is Cc1cccc(Oc2ccc(NC(=O)CN3C[C@@H](C)[C@H](C(=O)O)C3)cc2)c1. The number of nitrogens with one attached hydrogen (secondary N) is 1. The molecule has 1 saturated heterocycles. The second kappa shape index (κ2) is 8.22. The van der Waals surface area contributed by atoms with Crippen LogP contribution in [0.2, 0.25) is 0 Å². The minimum absolute atomic E-state index is 0.0494. The van der Waals surface area contributed by atoms with Crippen molar-refractivity contribution in [3.05, 3.63) is 54.1 Å². The van der Waals surface area contributed by atoms with E-state index in [0.29, 0.717) is 24.5 Å². The minimum atomic E-state index is -0.797. The van der Waals surface area contributed by atoms with Gasteiger partial charge in [0.15, 0.2) is 0 Å². The van der Waals surface area contributed by atoms with Gasteiger partial charge in [-0.05, 0) is 54.8 Å². The molecule has 1 fully saturated rings. The number of carboxylic acid groups (broad SMARTS) is 1. The topological polar surface area (TPSA) is 78.9 Å². The average molecular weight is 368 g/mol. The van der Waals surface area contributed by atoms with Gasteiger partial charge in [-0.3, -0.25) is 14.5 Å². The third kappa shape index (κ3) is 5.08. The van der Waals surface area contributed by atoms with E-state index >= 15 is 0 Å². The fourth-order valence-electron chi connectivity index (χ4n) is 3.34. The Kier molecular flexibility index (Phi) is 5.76. The van der Waals surface area contributed by atoms with Crippen molar-refractivity contribution in [2.24, 2.45) is 11.8 Å².